The molecule has 0 aromatic heterocycles. The fourth-order valence-corrected chi connectivity index (χ4v) is 7.98. The molecule has 2 heteroatoms. The van der Waals surface area contributed by atoms with Gasteiger partial charge >= 0.3 is 0 Å². The van der Waals surface area contributed by atoms with Crippen molar-refractivity contribution >= 4 is 5.57 Å². The van der Waals surface area contributed by atoms with Crippen LogP contribution in [0.1, 0.15) is 71.3 Å². The highest BCUT2D eigenvalue weighted by Crippen LogP contribution is 2.67. The molecule has 1 N–H and O–H groups in total. The Labute approximate surface area is 182 Å². The highest BCUT2D eigenvalue weighted by atomic mass is 16.5. The molecule has 2 saturated carbocycles. The van der Waals surface area contributed by atoms with Gasteiger partial charge in [0.2, 0.25) is 0 Å². The summed E-state index contributed by atoms with van der Waals surface area (Å²) in [7, 11) is 1.74. The van der Waals surface area contributed by atoms with Gasteiger partial charge < -0.3 is 9.84 Å². The number of benzene rings is 1. The lowest BCUT2D eigenvalue weighted by atomic mass is 9.45. The van der Waals surface area contributed by atoms with Crippen LogP contribution in [0.2, 0.25) is 0 Å². The minimum atomic E-state index is -0.123. The highest BCUT2D eigenvalue weighted by molar-refractivity contribution is 5.73. The summed E-state index contributed by atoms with van der Waals surface area (Å²) in [5.74, 6) is 3.88. The number of rotatable bonds is 3. The smallest absolute Gasteiger partial charge is 0.118 e. The zero-order valence-electron chi connectivity index (χ0n) is 19.2. The van der Waals surface area contributed by atoms with Gasteiger partial charge in [-0.05, 0) is 103 Å². The first-order valence-electron chi connectivity index (χ1n) is 12.1. The van der Waals surface area contributed by atoms with E-state index in [4.69, 9.17) is 4.74 Å². The first kappa shape index (κ1) is 20.4. The second kappa shape index (κ2) is 7.26. The molecule has 0 spiro atoms. The molecule has 0 saturated heterocycles. The number of hydrogen-bond acceptors (Lipinski definition) is 2. The van der Waals surface area contributed by atoms with Crippen molar-refractivity contribution in [3.05, 3.63) is 47.6 Å². The third-order valence-electron chi connectivity index (χ3n) is 9.70. The summed E-state index contributed by atoms with van der Waals surface area (Å²) in [6.45, 7) is 7.46. The van der Waals surface area contributed by atoms with E-state index in [0.717, 1.165) is 36.3 Å². The number of fused-ring (bicyclic) bond motifs is 5. The maximum Gasteiger partial charge on any atom is 0.118 e. The zero-order valence-corrected chi connectivity index (χ0v) is 19.2. The standard InChI is InChI=1S/C28H38O2/c1-5-18-16-20-17-21(29)12-14-27(20,2)25-13-15-28(3)23(10-11-24(28)26(18)25)19-6-8-22(30-4)9-7-19/h6-10,16,18,21,24-26,29H,5,11-15,17H2,1-4H3/t18?,21?,24-,25+,26-,27-,28+/m0/s1. The molecule has 1 aromatic carbocycles. The van der Waals surface area contributed by atoms with Crippen LogP contribution >= 0.6 is 0 Å². The second-order valence-corrected chi connectivity index (χ2v) is 10.9. The Kier molecular flexibility index (Phi) is 4.93. The molecule has 0 heterocycles. The Morgan fingerprint density at radius 1 is 1.03 bits per heavy atom. The van der Waals surface area contributed by atoms with Crippen LogP contribution in [0.3, 0.4) is 0 Å². The van der Waals surface area contributed by atoms with E-state index in [1.807, 2.05) is 0 Å². The molecule has 2 fully saturated rings. The average molecular weight is 407 g/mol. The predicted octanol–water partition coefficient (Wildman–Crippen LogP) is 6.65. The number of ether oxygens (including phenoxy) is 1. The van der Waals surface area contributed by atoms with Crippen molar-refractivity contribution in [2.75, 3.05) is 7.11 Å². The van der Waals surface area contributed by atoms with Crippen LogP contribution in [0, 0.1) is 34.5 Å². The van der Waals surface area contributed by atoms with Crippen molar-refractivity contribution in [1.82, 2.24) is 0 Å². The van der Waals surface area contributed by atoms with E-state index in [9.17, 15) is 5.11 Å². The number of methoxy groups -OCH3 is 1. The minimum Gasteiger partial charge on any atom is -0.497 e. The zero-order chi connectivity index (χ0) is 21.1. The van der Waals surface area contributed by atoms with Crippen LogP contribution in [0.4, 0.5) is 0 Å². The van der Waals surface area contributed by atoms with Crippen LogP contribution in [-0.2, 0) is 0 Å². The van der Waals surface area contributed by atoms with Crippen LogP contribution in [0.25, 0.3) is 5.57 Å². The van der Waals surface area contributed by atoms with Crippen LogP contribution < -0.4 is 4.74 Å². The van der Waals surface area contributed by atoms with E-state index in [2.05, 4.69) is 57.2 Å². The minimum absolute atomic E-state index is 0.123. The van der Waals surface area contributed by atoms with Gasteiger partial charge in [0.15, 0.2) is 0 Å². The van der Waals surface area contributed by atoms with Gasteiger partial charge in [-0.2, -0.15) is 0 Å². The molecule has 0 aliphatic heterocycles. The Bertz CT molecular complexity index is 865. The Hall–Kier alpha value is -1.54. The lowest BCUT2D eigenvalue weighted by Crippen LogP contribution is -2.52. The first-order chi connectivity index (χ1) is 14.4. The van der Waals surface area contributed by atoms with Crippen LogP contribution in [-0.4, -0.2) is 18.3 Å². The number of aliphatic hydroxyl groups excluding tert-OH is 1. The van der Waals surface area contributed by atoms with Gasteiger partial charge in [0, 0.05) is 0 Å². The third kappa shape index (κ3) is 2.86. The molecular weight excluding hydrogens is 368 g/mol. The maximum absolute atomic E-state index is 10.3. The summed E-state index contributed by atoms with van der Waals surface area (Å²) in [6, 6.07) is 8.73. The van der Waals surface area contributed by atoms with Gasteiger partial charge in [-0.3, -0.25) is 0 Å². The molecule has 30 heavy (non-hydrogen) atoms. The number of aliphatic hydroxyl groups is 1. The molecular formula is C28H38O2. The van der Waals surface area contributed by atoms with Gasteiger partial charge in [0.05, 0.1) is 13.2 Å². The fraction of sp³-hybridized carbons (Fsp3) is 0.643. The van der Waals surface area contributed by atoms with E-state index >= 15 is 0 Å². The lowest BCUT2D eigenvalue weighted by Gasteiger charge is -2.60. The molecule has 4 aliphatic rings. The molecule has 2 unspecified atom stereocenters. The second-order valence-electron chi connectivity index (χ2n) is 10.9. The Morgan fingerprint density at radius 2 is 1.77 bits per heavy atom. The molecule has 0 amide bonds. The normalized spacial score (nSPS) is 42.5. The molecule has 7 atom stereocenters. The predicted molar refractivity (Wildman–Crippen MR) is 123 cm³/mol. The van der Waals surface area contributed by atoms with Crippen molar-refractivity contribution in [2.45, 2.75) is 71.8 Å². The molecule has 4 aliphatic carbocycles. The summed E-state index contributed by atoms with van der Waals surface area (Å²) in [5.41, 5.74) is 5.12. The van der Waals surface area contributed by atoms with E-state index in [0.29, 0.717) is 11.3 Å². The number of allylic oxidation sites excluding steroid dienone is 3. The van der Waals surface area contributed by atoms with E-state index in [1.165, 1.54) is 37.7 Å². The van der Waals surface area contributed by atoms with Gasteiger partial charge in [0.25, 0.3) is 0 Å². The van der Waals surface area contributed by atoms with Gasteiger partial charge in [-0.1, -0.05) is 50.6 Å². The van der Waals surface area contributed by atoms with Crippen molar-refractivity contribution in [2.24, 2.45) is 34.5 Å². The van der Waals surface area contributed by atoms with Gasteiger partial charge in [-0.15, -0.1) is 0 Å². The van der Waals surface area contributed by atoms with Crippen molar-refractivity contribution in [1.29, 1.82) is 0 Å². The topological polar surface area (TPSA) is 29.5 Å². The summed E-state index contributed by atoms with van der Waals surface area (Å²) < 4.78 is 5.39. The molecule has 5 rings (SSSR count). The Morgan fingerprint density at radius 3 is 2.47 bits per heavy atom. The molecule has 1 aromatic rings. The molecule has 0 bridgehead atoms. The monoisotopic (exact) mass is 406 g/mol. The van der Waals surface area contributed by atoms with Gasteiger partial charge in [0.1, 0.15) is 5.75 Å². The SMILES string of the molecule is CCC1C=C2CC(O)CC[C@]2(C)[C@@H]2CC[C@]3(C)C(c4ccc(OC)cc4)=CC[C@H]3[C@H]12. The quantitative estimate of drug-likeness (QED) is 0.570. The summed E-state index contributed by atoms with van der Waals surface area (Å²) in [5, 5.41) is 10.3. The van der Waals surface area contributed by atoms with Crippen LogP contribution in [0.15, 0.2) is 42.0 Å². The summed E-state index contributed by atoms with van der Waals surface area (Å²) >= 11 is 0. The summed E-state index contributed by atoms with van der Waals surface area (Å²) in [6.07, 6.45) is 13.2. The molecule has 0 radical (unpaired) electrons. The average Bonchev–Trinajstić information content (AvgIpc) is 3.11. The number of hydrogen-bond donors (Lipinski definition) is 1. The Balaban J connectivity index is 1.50. The van der Waals surface area contributed by atoms with Crippen molar-refractivity contribution < 1.29 is 9.84 Å². The third-order valence-corrected chi connectivity index (χ3v) is 9.70. The lowest BCUT2D eigenvalue weighted by molar-refractivity contribution is -0.0464. The maximum atomic E-state index is 10.3. The highest BCUT2D eigenvalue weighted by Gasteiger charge is 2.58. The first-order valence-corrected chi connectivity index (χ1v) is 12.1. The van der Waals surface area contributed by atoms with Gasteiger partial charge in [-0.25, -0.2) is 0 Å². The summed E-state index contributed by atoms with van der Waals surface area (Å²) in [4.78, 5) is 0. The van der Waals surface area contributed by atoms with Crippen LogP contribution in [0.5, 0.6) is 5.75 Å². The molecule has 162 valence electrons. The molecule has 2 nitrogen and oxygen atoms in total. The van der Waals surface area contributed by atoms with Crippen molar-refractivity contribution in [3.8, 4) is 5.75 Å². The van der Waals surface area contributed by atoms with E-state index in [1.54, 1.807) is 18.3 Å². The van der Waals surface area contributed by atoms with E-state index in [-0.39, 0.29) is 11.5 Å². The fourth-order valence-electron chi connectivity index (χ4n) is 7.98. The van der Waals surface area contributed by atoms with Crippen molar-refractivity contribution in [3.63, 3.8) is 0 Å². The largest absolute Gasteiger partial charge is 0.497 e. The van der Waals surface area contributed by atoms with E-state index < -0.39 is 0 Å².